The number of halogens is 1. The van der Waals surface area contributed by atoms with Crippen molar-refractivity contribution in [1.82, 2.24) is 9.38 Å². The van der Waals surface area contributed by atoms with E-state index in [4.69, 9.17) is 4.74 Å². The number of hydrogen-bond acceptors (Lipinski definition) is 5. The van der Waals surface area contributed by atoms with Crippen LogP contribution in [0.1, 0.15) is 37.0 Å². The molecule has 2 aromatic heterocycles. The molecule has 3 heterocycles. The highest BCUT2D eigenvalue weighted by molar-refractivity contribution is 9.10. The Kier molecular flexibility index (Phi) is 4.38. The van der Waals surface area contributed by atoms with Crippen molar-refractivity contribution in [3.63, 3.8) is 0 Å². The highest BCUT2D eigenvalue weighted by atomic mass is 79.9. The molecule has 0 aromatic carbocycles. The zero-order valence-electron chi connectivity index (χ0n) is 14.0. The van der Waals surface area contributed by atoms with Crippen molar-refractivity contribution in [3.8, 4) is 0 Å². The lowest BCUT2D eigenvalue weighted by Gasteiger charge is -2.37. The second kappa shape index (κ2) is 6.20. The summed E-state index contributed by atoms with van der Waals surface area (Å²) in [5.41, 5.74) is 0.910. The summed E-state index contributed by atoms with van der Waals surface area (Å²) in [5.74, 6) is 0.189. The van der Waals surface area contributed by atoms with Crippen molar-refractivity contribution in [2.45, 2.75) is 26.7 Å². The third-order valence-corrected chi connectivity index (χ3v) is 5.15. The molecule has 7 heteroatoms. The number of esters is 1. The fourth-order valence-corrected chi connectivity index (χ4v) is 3.41. The molecule has 1 aliphatic rings. The number of fused-ring (bicyclic) bond motifs is 1. The first-order valence-corrected chi connectivity index (χ1v) is 8.66. The van der Waals surface area contributed by atoms with Crippen molar-refractivity contribution in [2.75, 3.05) is 25.1 Å². The van der Waals surface area contributed by atoms with Gasteiger partial charge in [0, 0.05) is 25.4 Å². The molecule has 6 nitrogen and oxygen atoms in total. The van der Waals surface area contributed by atoms with E-state index >= 15 is 0 Å². The minimum Gasteiger partial charge on any atom is -0.465 e. The van der Waals surface area contributed by atoms with Gasteiger partial charge in [-0.05, 0) is 40.3 Å². The van der Waals surface area contributed by atoms with Crippen LogP contribution in [0.25, 0.3) is 5.65 Å². The fraction of sp³-hybridized carbons (Fsp3) is 0.471. The van der Waals surface area contributed by atoms with Crippen molar-refractivity contribution in [3.05, 3.63) is 38.7 Å². The van der Waals surface area contributed by atoms with E-state index in [9.17, 15) is 9.59 Å². The summed E-state index contributed by atoms with van der Waals surface area (Å²) in [6.07, 6.45) is 3.59. The van der Waals surface area contributed by atoms with Crippen LogP contribution in [0.3, 0.4) is 0 Å². The normalized spacial score (nSPS) is 17.1. The average molecular weight is 394 g/mol. The highest BCUT2D eigenvalue weighted by Crippen LogP contribution is 2.31. The van der Waals surface area contributed by atoms with Crippen LogP contribution in [0.2, 0.25) is 0 Å². The standard InChI is InChI=1S/C17H20BrN3O3/c1-17(2)4-6-20(7-5-17)13-9-14(22)21-10-11(16(23)24-3)8-12(18)15(21)19-13/h8-10H,4-7H2,1-3H3. The quantitative estimate of drug-likeness (QED) is 0.733. The number of pyridine rings is 1. The van der Waals surface area contributed by atoms with Gasteiger partial charge in [0.1, 0.15) is 5.82 Å². The molecule has 3 rings (SSSR count). The molecule has 1 saturated heterocycles. The summed E-state index contributed by atoms with van der Waals surface area (Å²) in [6.45, 7) is 6.29. The summed E-state index contributed by atoms with van der Waals surface area (Å²) in [5, 5.41) is 0. The lowest BCUT2D eigenvalue weighted by atomic mass is 9.83. The maximum atomic E-state index is 12.5. The molecular formula is C17H20BrN3O3. The van der Waals surface area contributed by atoms with E-state index in [1.807, 2.05) is 0 Å². The number of piperidine rings is 1. The zero-order valence-corrected chi connectivity index (χ0v) is 15.6. The third kappa shape index (κ3) is 3.17. The Labute approximate surface area is 148 Å². The molecule has 0 N–H and O–H groups in total. The second-order valence-corrected chi connectivity index (χ2v) is 7.72. The van der Waals surface area contributed by atoms with Gasteiger partial charge in [-0.15, -0.1) is 0 Å². The molecule has 128 valence electrons. The fourth-order valence-electron chi connectivity index (χ4n) is 2.88. The number of rotatable bonds is 2. The first-order chi connectivity index (χ1) is 11.3. The first kappa shape index (κ1) is 17.0. The van der Waals surface area contributed by atoms with Gasteiger partial charge in [0.05, 0.1) is 17.1 Å². The Hall–Kier alpha value is -1.89. The molecule has 0 saturated carbocycles. The molecule has 0 aliphatic carbocycles. The van der Waals surface area contributed by atoms with Gasteiger partial charge in [-0.1, -0.05) is 13.8 Å². The predicted octanol–water partition coefficient (Wildman–Crippen LogP) is 2.87. The van der Waals surface area contributed by atoms with E-state index in [2.05, 4.69) is 39.7 Å². The molecule has 2 aromatic rings. The number of nitrogens with zero attached hydrogens (tertiary/aromatic N) is 3. The molecule has 24 heavy (non-hydrogen) atoms. The largest absolute Gasteiger partial charge is 0.465 e. The topological polar surface area (TPSA) is 63.9 Å². The van der Waals surface area contributed by atoms with Crippen molar-refractivity contribution >= 4 is 33.4 Å². The van der Waals surface area contributed by atoms with Crippen LogP contribution in [0.5, 0.6) is 0 Å². The van der Waals surface area contributed by atoms with Gasteiger partial charge in [0.2, 0.25) is 0 Å². The number of aromatic nitrogens is 2. The monoisotopic (exact) mass is 393 g/mol. The maximum Gasteiger partial charge on any atom is 0.339 e. The Morgan fingerprint density at radius 3 is 2.58 bits per heavy atom. The minimum absolute atomic E-state index is 0.216. The number of methoxy groups -OCH3 is 1. The van der Waals surface area contributed by atoms with E-state index in [0.717, 1.165) is 25.9 Å². The van der Waals surface area contributed by atoms with Gasteiger partial charge in [0.15, 0.2) is 5.65 Å². The first-order valence-electron chi connectivity index (χ1n) is 7.87. The molecule has 0 atom stereocenters. The van der Waals surface area contributed by atoms with E-state index in [1.165, 1.54) is 23.8 Å². The van der Waals surface area contributed by atoms with E-state index in [1.54, 1.807) is 6.07 Å². The third-order valence-electron chi connectivity index (χ3n) is 4.56. The van der Waals surface area contributed by atoms with Gasteiger partial charge in [-0.25, -0.2) is 9.78 Å². The molecule has 0 spiro atoms. The number of anilines is 1. The van der Waals surface area contributed by atoms with Gasteiger partial charge in [-0.3, -0.25) is 9.20 Å². The van der Waals surface area contributed by atoms with Crippen LogP contribution in [0.4, 0.5) is 5.82 Å². The second-order valence-electron chi connectivity index (χ2n) is 6.87. The van der Waals surface area contributed by atoms with Crippen molar-refractivity contribution in [2.24, 2.45) is 5.41 Å². The lowest BCUT2D eigenvalue weighted by Crippen LogP contribution is -2.38. The Morgan fingerprint density at radius 2 is 1.96 bits per heavy atom. The zero-order chi connectivity index (χ0) is 17.5. The smallest absolute Gasteiger partial charge is 0.339 e. The van der Waals surface area contributed by atoms with Crippen molar-refractivity contribution < 1.29 is 9.53 Å². The SMILES string of the molecule is COC(=O)c1cc(Br)c2nc(N3CCC(C)(C)CC3)cc(=O)n2c1. The Balaban J connectivity index is 2.03. The van der Waals surface area contributed by atoms with Gasteiger partial charge >= 0.3 is 5.97 Å². The molecule has 0 radical (unpaired) electrons. The number of carbonyl (C=O) groups excluding carboxylic acids is 1. The lowest BCUT2D eigenvalue weighted by molar-refractivity contribution is 0.0600. The van der Waals surface area contributed by atoms with Crippen LogP contribution in [0.15, 0.2) is 27.6 Å². The predicted molar refractivity (Wildman–Crippen MR) is 95.7 cm³/mol. The summed E-state index contributed by atoms with van der Waals surface area (Å²) in [6, 6.07) is 3.15. The van der Waals surface area contributed by atoms with E-state index in [-0.39, 0.29) is 5.56 Å². The molecule has 0 bridgehead atoms. The molecular weight excluding hydrogens is 374 g/mol. The van der Waals surface area contributed by atoms with Crippen molar-refractivity contribution in [1.29, 1.82) is 0 Å². The van der Waals surface area contributed by atoms with Crippen LogP contribution < -0.4 is 10.5 Å². The summed E-state index contributed by atoms with van der Waals surface area (Å²) >= 11 is 3.41. The van der Waals surface area contributed by atoms with Gasteiger partial charge in [-0.2, -0.15) is 0 Å². The number of ether oxygens (including phenoxy) is 1. The van der Waals surface area contributed by atoms with E-state index in [0.29, 0.717) is 26.9 Å². The van der Waals surface area contributed by atoms with Crippen LogP contribution in [-0.2, 0) is 4.74 Å². The minimum atomic E-state index is -0.494. The average Bonchev–Trinajstić information content (AvgIpc) is 2.54. The van der Waals surface area contributed by atoms with E-state index < -0.39 is 5.97 Å². The highest BCUT2D eigenvalue weighted by Gasteiger charge is 2.26. The number of carbonyl (C=O) groups is 1. The molecule has 1 aliphatic heterocycles. The van der Waals surface area contributed by atoms with Crippen LogP contribution in [-0.4, -0.2) is 35.6 Å². The maximum absolute atomic E-state index is 12.5. The van der Waals surface area contributed by atoms with Gasteiger partial charge < -0.3 is 9.64 Å². The summed E-state index contributed by atoms with van der Waals surface area (Å²) in [4.78, 5) is 31.0. The van der Waals surface area contributed by atoms with Crippen LogP contribution >= 0.6 is 15.9 Å². The van der Waals surface area contributed by atoms with Crippen LogP contribution in [0, 0.1) is 5.41 Å². The Morgan fingerprint density at radius 1 is 1.29 bits per heavy atom. The van der Waals surface area contributed by atoms with Gasteiger partial charge in [0.25, 0.3) is 5.56 Å². The summed E-state index contributed by atoms with van der Waals surface area (Å²) in [7, 11) is 1.31. The molecule has 0 unspecified atom stereocenters. The summed E-state index contributed by atoms with van der Waals surface area (Å²) < 4.78 is 6.67. The number of hydrogen-bond donors (Lipinski definition) is 0. The molecule has 0 amide bonds. The Bertz CT molecular complexity index is 850. The molecule has 1 fully saturated rings.